The average molecular weight is 346 g/mol. The maximum Gasteiger partial charge on any atom is 0.357 e. The van der Waals surface area contributed by atoms with Crippen molar-refractivity contribution in [2.45, 2.75) is 22.9 Å². The lowest BCUT2D eigenvalue weighted by Gasteiger charge is -2.48. The fourth-order valence-corrected chi connectivity index (χ4v) is 3.30. The summed E-state index contributed by atoms with van der Waals surface area (Å²) in [6.07, 6.45) is 0. The summed E-state index contributed by atoms with van der Waals surface area (Å²) in [6, 6.07) is -0.592. The molecule has 2 aliphatic rings. The summed E-state index contributed by atoms with van der Waals surface area (Å²) in [5.41, 5.74) is 6.55. The summed E-state index contributed by atoms with van der Waals surface area (Å²) in [5, 5.41) is -0.241. The summed E-state index contributed by atoms with van der Waals surface area (Å²) in [7, 11) is 0. The van der Waals surface area contributed by atoms with Gasteiger partial charge in [-0.3, -0.25) is 9.69 Å². The number of hydrogen-bond donors (Lipinski definition) is 1. The Morgan fingerprint density at radius 2 is 2.26 bits per heavy atom. The number of amides is 1. The van der Waals surface area contributed by atoms with Crippen molar-refractivity contribution in [2.75, 3.05) is 11.6 Å². The molecule has 0 unspecified atom stereocenters. The molecule has 9 heteroatoms. The van der Waals surface area contributed by atoms with E-state index in [1.807, 2.05) is 0 Å². The SMILES string of the molecule is CC1=C(C(=O)OC(Cl)(Cl)CCl)N2C(=O)[C@H](N)[C@H]2SC1. The highest BCUT2D eigenvalue weighted by atomic mass is 35.5. The predicted octanol–water partition coefficient (Wildman–Crippen LogP) is 1.42. The van der Waals surface area contributed by atoms with Gasteiger partial charge in [0, 0.05) is 5.75 Å². The lowest BCUT2D eigenvalue weighted by molar-refractivity contribution is -0.152. The third-order valence-electron chi connectivity index (χ3n) is 2.79. The summed E-state index contributed by atoms with van der Waals surface area (Å²) in [5.74, 6) is -0.775. The third-order valence-corrected chi connectivity index (χ3v) is 5.31. The van der Waals surface area contributed by atoms with Crippen LogP contribution < -0.4 is 5.73 Å². The molecular formula is C10H11Cl3N2O3S. The molecule has 2 aliphatic heterocycles. The molecule has 19 heavy (non-hydrogen) atoms. The van der Waals surface area contributed by atoms with Gasteiger partial charge >= 0.3 is 5.97 Å². The molecular weight excluding hydrogens is 335 g/mol. The topological polar surface area (TPSA) is 72.6 Å². The van der Waals surface area contributed by atoms with E-state index in [4.69, 9.17) is 45.3 Å². The maximum absolute atomic E-state index is 12.1. The molecule has 0 aromatic carbocycles. The number of carbonyl (C=O) groups excluding carboxylic acids is 2. The largest absolute Gasteiger partial charge is 0.423 e. The third kappa shape index (κ3) is 2.69. The monoisotopic (exact) mass is 344 g/mol. The van der Waals surface area contributed by atoms with Crippen LogP contribution in [0.25, 0.3) is 0 Å². The number of esters is 1. The Bertz CT molecular complexity index is 469. The quantitative estimate of drug-likeness (QED) is 0.476. The van der Waals surface area contributed by atoms with Crippen molar-refractivity contribution in [1.29, 1.82) is 0 Å². The van der Waals surface area contributed by atoms with Gasteiger partial charge in [-0.15, -0.1) is 23.4 Å². The van der Waals surface area contributed by atoms with E-state index in [0.29, 0.717) is 11.3 Å². The second-order valence-corrected chi connectivity index (χ2v) is 7.01. The molecule has 0 aromatic heterocycles. The van der Waals surface area contributed by atoms with Gasteiger partial charge in [0.05, 0.1) is 5.88 Å². The normalized spacial score (nSPS) is 27.0. The highest BCUT2D eigenvalue weighted by Crippen LogP contribution is 2.40. The number of carbonyl (C=O) groups is 2. The molecule has 1 fully saturated rings. The van der Waals surface area contributed by atoms with Crippen LogP contribution in [0, 0.1) is 0 Å². The molecule has 2 heterocycles. The van der Waals surface area contributed by atoms with Crippen molar-refractivity contribution < 1.29 is 14.3 Å². The van der Waals surface area contributed by atoms with Gasteiger partial charge in [-0.25, -0.2) is 4.79 Å². The fourth-order valence-electron chi connectivity index (χ4n) is 1.87. The number of nitrogens with zero attached hydrogens (tertiary/aromatic N) is 1. The van der Waals surface area contributed by atoms with E-state index in [9.17, 15) is 9.59 Å². The Labute approximate surface area is 129 Å². The van der Waals surface area contributed by atoms with E-state index in [1.54, 1.807) is 6.92 Å². The number of ether oxygens (including phenoxy) is 1. The molecule has 106 valence electrons. The summed E-state index contributed by atoms with van der Waals surface area (Å²) in [6.45, 7) is 1.74. The molecule has 0 radical (unpaired) electrons. The Hall–Kier alpha value is -0.140. The lowest BCUT2D eigenvalue weighted by Crippen LogP contribution is -2.68. The van der Waals surface area contributed by atoms with Crippen molar-refractivity contribution in [2.24, 2.45) is 5.73 Å². The molecule has 5 nitrogen and oxygen atoms in total. The highest BCUT2D eigenvalue weighted by Gasteiger charge is 2.52. The smallest absolute Gasteiger partial charge is 0.357 e. The minimum absolute atomic E-state index is 0.159. The van der Waals surface area contributed by atoms with Crippen LogP contribution in [0.5, 0.6) is 0 Å². The predicted molar refractivity (Wildman–Crippen MR) is 75.0 cm³/mol. The van der Waals surface area contributed by atoms with Crippen LogP contribution in [-0.4, -0.2) is 44.3 Å². The van der Waals surface area contributed by atoms with E-state index >= 15 is 0 Å². The minimum Gasteiger partial charge on any atom is -0.423 e. The van der Waals surface area contributed by atoms with Gasteiger partial charge in [-0.05, 0) is 12.5 Å². The number of halogens is 3. The van der Waals surface area contributed by atoms with Crippen LogP contribution in [0.1, 0.15) is 6.92 Å². The van der Waals surface area contributed by atoms with Crippen molar-refractivity contribution in [3.63, 3.8) is 0 Å². The number of rotatable bonds is 3. The molecule has 0 aliphatic carbocycles. The number of alkyl halides is 3. The summed E-state index contributed by atoms with van der Waals surface area (Å²) < 4.78 is 3.07. The van der Waals surface area contributed by atoms with E-state index in [-0.39, 0.29) is 22.9 Å². The van der Waals surface area contributed by atoms with Gasteiger partial charge < -0.3 is 10.5 Å². The first kappa shape index (κ1) is 15.3. The van der Waals surface area contributed by atoms with Crippen molar-refractivity contribution in [3.8, 4) is 0 Å². The molecule has 0 aromatic rings. The van der Waals surface area contributed by atoms with E-state index in [0.717, 1.165) is 0 Å². The zero-order valence-electron chi connectivity index (χ0n) is 9.86. The van der Waals surface area contributed by atoms with Gasteiger partial charge in [0.1, 0.15) is 17.1 Å². The van der Waals surface area contributed by atoms with Crippen LogP contribution in [0.2, 0.25) is 0 Å². The Morgan fingerprint density at radius 1 is 1.63 bits per heavy atom. The second kappa shape index (κ2) is 5.33. The summed E-state index contributed by atoms with van der Waals surface area (Å²) in [4.78, 5) is 25.1. The minimum atomic E-state index is -1.82. The number of fused-ring (bicyclic) bond motifs is 1. The fraction of sp³-hybridized carbons (Fsp3) is 0.600. The Balaban J connectivity index is 2.22. The van der Waals surface area contributed by atoms with Gasteiger partial charge in [0.15, 0.2) is 0 Å². The number of β-lactam (4-membered cyclic amide) rings is 1. The molecule has 2 atom stereocenters. The van der Waals surface area contributed by atoms with Crippen molar-refractivity contribution in [3.05, 3.63) is 11.3 Å². The zero-order chi connectivity index (χ0) is 14.4. The first-order valence-electron chi connectivity index (χ1n) is 5.35. The summed E-state index contributed by atoms with van der Waals surface area (Å²) >= 11 is 18.4. The maximum atomic E-state index is 12.1. The van der Waals surface area contributed by atoms with E-state index in [2.05, 4.69) is 0 Å². The van der Waals surface area contributed by atoms with Crippen LogP contribution in [0.4, 0.5) is 0 Å². The highest BCUT2D eigenvalue weighted by molar-refractivity contribution is 8.00. The van der Waals surface area contributed by atoms with Crippen molar-refractivity contribution >= 4 is 58.4 Å². The number of nitrogens with two attached hydrogens (primary N) is 1. The van der Waals surface area contributed by atoms with Crippen LogP contribution in [0.15, 0.2) is 11.3 Å². The number of hydrogen-bond acceptors (Lipinski definition) is 5. The molecule has 2 rings (SSSR count). The van der Waals surface area contributed by atoms with Crippen LogP contribution in [-0.2, 0) is 14.3 Å². The van der Waals surface area contributed by atoms with Gasteiger partial charge in [-0.2, -0.15) is 0 Å². The van der Waals surface area contributed by atoms with Gasteiger partial charge in [0.25, 0.3) is 4.52 Å². The van der Waals surface area contributed by atoms with Crippen LogP contribution in [0.3, 0.4) is 0 Å². The van der Waals surface area contributed by atoms with Gasteiger partial charge in [0.2, 0.25) is 5.91 Å². The molecule has 1 amide bonds. The van der Waals surface area contributed by atoms with Crippen molar-refractivity contribution in [1.82, 2.24) is 4.90 Å². The number of thioether (sulfide) groups is 1. The Morgan fingerprint density at radius 3 is 2.84 bits per heavy atom. The van der Waals surface area contributed by atoms with Crippen LogP contribution >= 0.6 is 46.6 Å². The average Bonchev–Trinajstić information content (AvgIpc) is 2.36. The first-order valence-corrected chi connectivity index (χ1v) is 7.69. The van der Waals surface area contributed by atoms with Gasteiger partial charge in [-0.1, -0.05) is 23.2 Å². The zero-order valence-corrected chi connectivity index (χ0v) is 12.9. The van der Waals surface area contributed by atoms with E-state index in [1.165, 1.54) is 16.7 Å². The molecule has 2 N–H and O–H groups in total. The Kier molecular flexibility index (Phi) is 4.28. The second-order valence-electron chi connectivity index (χ2n) is 4.23. The lowest BCUT2D eigenvalue weighted by atomic mass is 10.0. The molecule has 0 spiro atoms. The molecule has 0 bridgehead atoms. The molecule has 1 saturated heterocycles. The standard InChI is InChI=1S/C10H11Cl3N2O3S/c1-4-2-19-8-5(14)7(16)15(8)6(4)9(17)18-10(12,13)3-11/h5,8H,2-3,14H2,1H3/t5-,8+/m0/s1. The van der Waals surface area contributed by atoms with E-state index < -0.39 is 16.5 Å². The first-order chi connectivity index (χ1) is 8.78. The molecule has 0 saturated carbocycles.